The van der Waals surface area contributed by atoms with Crippen LogP contribution in [0.4, 0.5) is 0 Å². The zero-order valence-corrected chi connectivity index (χ0v) is 6.46. The topological polar surface area (TPSA) is 52.0 Å². The van der Waals surface area contributed by atoms with Crippen LogP contribution in [0.15, 0.2) is 35.7 Å². The molecule has 0 aliphatic heterocycles. The van der Waals surface area contributed by atoms with Gasteiger partial charge in [-0.1, -0.05) is 17.7 Å². The van der Waals surface area contributed by atoms with Gasteiger partial charge in [0, 0.05) is 11.9 Å². The molecule has 56 valence electrons. The van der Waals surface area contributed by atoms with Gasteiger partial charge in [0.25, 0.3) is 0 Å². The lowest BCUT2D eigenvalue weighted by atomic mass is 10.3. The summed E-state index contributed by atoms with van der Waals surface area (Å²) < 4.78 is 0. The van der Waals surface area contributed by atoms with Crippen molar-refractivity contribution >= 4 is 0 Å². The van der Waals surface area contributed by atoms with Crippen LogP contribution < -0.4 is 11.5 Å². The van der Waals surface area contributed by atoms with Crippen molar-refractivity contribution in [3.05, 3.63) is 35.7 Å². The molecule has 0 aromatic rings. The van der Waals surface area contributed by atoms with E-state index >= 15 is 0 Å². The number of rotatable bonds is 2. The van der Waals surface area contributed by atoms with Crippen molar-refractivity contribution in [2.75, 3.05) is 0 Å². The summed E-state index contributed by atoms with van der Waals surface area (Å²) in [4.78, 5) is 0. The molecule has 0 saturated heterocycles. The van der Waals surface area contributed by atoms with Gasteiger partial charge in [0.05, 0.1) is 0 Å². The van der Waals surface area contributed by atoms with E-state index in [1.165, 1.54) is 11.8 Å². The molecule has 0 aliphatic carbocycles. The van der Waals surface area contributed by atoms with Crippen molar-refractivity contribution in [1.29, 1.82) is 0 Å². The van der Waals surface area contributed by atoms with E-state index in [0.717, 1.165) is 0 Å². The molecule has 2 heteroatoms. The van der Waals surface area contributed by atoms with Gasteiger partial charge in [0.1, 0.15) is 0 Å². The van der Waals surface area contributed by atoms with E-state index in [9.17, 15) is 0 Å². The number of hydrogen-bond donors (Lipinski definition) is 2. The van der Waals surface area contributed by atoms with Crippen molar-refractivity contribution in [2.45, 2.75) is 13.8 Å². The van der Waals surface area contributed by atoms with Gasteiger partial charge in [-0.15, -0.1) is 0 Å². The Hall–Kier alpha value is -1.18. The molecule has 10 heavy (non-hydrogen) atoms. The highest BCUT2D eigenvalue weighted by atomic mass is 14.6. The summed E-state index contributed by atoms with van der Waals surface area (Å²) in [6, 6.07) is 0. The SMILES string of the molecule is CC(C)=C/C=C\C(N)=C/N. The molecular formula is C8H14N2. The van der Waals surface area contributed by atoms with Gasteiger partial charge in [0.2, 0.25) is 0 Å². The Kier molecular flexibility index (Phi) is 4.12. The fourth-order valence-corrected chi connectivity index (χ4v) is 0.407. The number of hydrogen-bond acceptors (Lipinski definition) is 2. The van der Waals surface area contributed by atoms with E-state index in [1.807, 2.05) is 26.0 Å². The van der Waals surface area contributed by atoms with Crippen molar-refractivity contribution < 1.29 is 0 Å². The van der Waals surface area contributed by atoms with Gasteiger partial charge in [-0.05, 0) is 19.9 Å². The highest BCUT2D eigenvalue weighted by Crippen LogP contribution is 1.90. The predicted octanol–water partition coefficient (Wildman–Crippen LogP) is 1.27. The average Bonchev–Trinajstić information content (AvgIpc) is 1.87. The van der Waals surface area contributed by atoms with Crippen molar-refractivity contribution in [1.82, 2.24) is 0 Å². The van der Waals surface area contributed by atoms with Crippen LogP contribution in [-0.2, 0) is 0 Å². The maximum absolute atomic E-state index is 5.38. The highest BCUT2D eigenvalue weighted by Gasteiger charge is 1.75. The molecule has 0 fully saturated rings. The quantitative estimate of drug-likeness (QED) is 0.564. The Morgan fingerprint density at radius 1 is 1.30 bits per heavy atom. The van der Waals surface area contributed by atoms with E-state index in [2.05, 4.69) is 0 Å². The van der Waals surface area contributed by atoms with Crippen LogP contribution in [0.25, 0.3) is 0 Å². The van der Waals surface area contributed by atoms with Gasteiger partial charge < -0.3 is 11.5 Å². The van der Waals surface area contributed by atoms with Crippen molar-refractivity contribution in [3.63, 3.8) is 0 Å². The smallest absolute Gasteiger partial charge is 0.0471 e. The molecule has 0 aromatic carbocycles. The third kappa shape index (κ3) is 4.97. The molecule has 0 aliphatic rings. The summed E-state index contributed by atoms with van der Waals surface area (Å²) in [5, 5.41) is 0. The Balaban J connectivity index is 3.90. The highest BCUT2D eigenvalue weighted by molar-refractivity contribution is 5.19. The molecular weight excluding hydrogens is 124 g/mol. The van der Waals surface area contributed by atoms with Crippen LogP contribution in [0, 0.1) is 0 Å². The second-order valence-electron chi connectivity index (χ2n) is 2.27. The monoisotopic (exact) mass is 138 g/mol. The number of nitrogens with two attached hydrogens (primary N) is 2. The van der Waals surface area contributed by atoms with Crippen molar-refractivity contribution in [2.24, 2.45) is 11.5 Å². The molecule has 0 aromatic heterocycles. The minimum absolute atomic E-state index is 0.581. The molecule has 0 radical (unpaired) electrons. The minimum Gasteiger partial charge on any atom is -0.403 e. The fourth-order valence-electron chi connectivity index (χ4n) is 0.407. The lowest BCUT2D eigenvalue weighted by Gasteiger charge is -1.86. The maximum Gasteiger partial charge on any atom is 0.0471 e. The minimum atomic E-state index is 0.581. The van der Waals surface area contributed by atoms with E-state index in [4.69, 9.17) is 11.5 Å². The Morgan fingerprint density at radius 2 is 1.90 bits per heavy atom. The van der Waals surface area contributed by atoms with Gasteiger partial charge in [-0.2, -0.15) is 0 Å². The van der Waals surface area contributed by atoms with E-state index in [1.54, 1.807) is 6.08 Å². The first-order valence-corrected chi connectivity index (χ1v) is 3.15. The molecule has 0 spiro atoms. The van der Waals surface area contributed by atoms with E-state index < -0.39 is 0 Å². The second kappa shape index (κ2) is 4.68. The van der Waals surface area contributed by atoms with Crippen LogP contribution in [0.1, 0.15) is 13.8 Å². The standard InChI is InChI=1S/C8H14N2/c1-7(2)4-3-5-8(10)6-9/h3-6H,9-10H2,1-2H3/b5-3-,8-6+. The zero-order valence-electron chi connectivity index (χ0n) is 6.46. The summed E-state index contributed by atoms with van der Waals surface area (Å²) in [7, 11) is 0. The van der Waals surface area contributed by atoms with Crippen LogP contribution >= 0.6 is 0 Å². The third-order valence-corrected chi connectivity index (χ3v) is 0.911. The Labute approximate surface area is 61.9 Å². The first kappa shape index (κ1) is 8.82. The van der Waals surface area contributed by atoms with Gasteiger partial charge >= 0.3 is 0 Å². The maximum atomic E-state index is 5.38. The first-order valence-electron chi connectivity index (χ1n) is 3.15. The van der Waals surface area contributed by atoms with Crippen LogP contribution in [-0.4, -0.2) is 0 Å². The van der Waals surface area contributed by atoms with Crippen LogP contribution in [0.5, 0.6) is 0 Å². The molecule has 0 saturated carbocycles. The van der Waals surface area contributed by atoms with Gasteiger partial charge in [-0.3, -0.25) is 0 Å². The molecule has 0 bridgehead atoms. The second-order valence-corrected chi connectivity index (χ2v) is 2.27. The summed E-state index contributed by atoms with van der Waals surface area (Å²) in [5.41, 5.74) is 12.3. The Bertz CT molecular complexity index is 172. The van der Waals surface area contributed by atoms with Crippen LogP contribution in [0.2, 0.25) is 0 Å². The summed E-state index contributed by atoms with van der Waals surface area (Å²) in [5.74, 6) is 0. The third-order valence-electron chi connectivity index (χ3n) is 0.911. The largest absolute Gasteiger partial charge is 0.403 e. The van der Waals surface area contributed by atoms with Crippen LogP contribution in [0.3, 0.4) is 0 Å². The summed E-state index contributed by atoms with van der Waals surface area (Å²) in [6.07, 6.45) is 6.96. The molecule has 4 N–H and O–H groups in total. The van der Waals surface area contributed by atoms with E-state index in [-0.39, 0.29) is 0 Å². The molecule has 0 heterocycles. The molecule has 0 amide bonds. The lowest BCUT2D eigenvalue weighted by molar-refractivity contribution is 1.36. The molecule has 0 unspecified atom stereocenters. The lowest BCUT2D eigenvalue weighted by Crippen LogP contribution is -1.95. The Morgan fingerprint density at radius 3 is 2.30 bits per heavy atom. The van der Waals surface area contributed by atoms with Crippen molar-refractivity contribution in [3.8, 4) is 0 Å². The zero-order chi connectivity index (χ0) is 7.98. The average molecular weight is 138 g/mol. The molecule has 2 nitrogen and oxygen atoms in total. The van der Waals surface area contributed by atoms with Gasteiger partial charge in [-0.25, -0.2) is 0 Å². The fraction of sp³-hybridized carbons (Fsp3) is 0.250. The molecule has 0 atom stereocenters. The summed E-state index contributed by atoms with van der Waals surface area (Å²) >= 11 is 0. The summed E-state index contributed by atoms with van der Waals surface area (Å²) in [6.45, 7) is 4.04. The van der Waals surface area contributed by atoms with E-state index in [0.29, 0.717) is 5.70 Å². The normalized spacial score (nSPS) is 12.0. The number of allylic oxidation sites excluding steroid dienone is 4. The van der Waals surface area contributed by atoms with Gasteiger partial charge in [0.15, 0.2) is 0 Å². The predicted molar refractivity (Wildman–Crippen MR) is 45.0 cm³/mol. The molecule has 0 rings (SSSR count). The first-order chi connectivity index (χ1) is 4.66.